The molecule has 2 aliphatic rings. The van der Waals surface area contributed by atoms with E-state index >= 15 is 0 Å². The Bertz CT molecular complexity index is 1090. The lowest BCUT2D eigenvalue weighted by Crippen LogP contribution is -2.31. The predicted molar refractivity (Wildman–Crippen MR) is 129 cm³/mol. The molecule has 166 valence electrons. The Balaban J connectivity index is 1.66. The number of nitrogens with zero attached hydrogens (tertiary/aromatic N) is 3. The molecule has 2 atom stereocenters. The summed E-state index contributed by atoms with van der Waals surface area (Å²) < 4.78 is 13.7. The van der Waals surface area contributed by atoms with Crippen LogP contribution in [0.2, 0.25) is 0 Å². The molecule has 1 aliphatic carbocycles. The van der Waals surface area contributed by atoms with Crippen LogP contribution in [0.1, 0.15) is 55.2 Å². The molecule has 1 N–H and O–H groups in total. The first-order valence-electron chi connectivity index (χ1n) is 11.1. The number of rotatable bonds is 6. The van der Waals surface area contributed by atoms with E-state index in [0.29, 0.717) is 11.2 Å². The van der Waals surface area contributed by atoms with E-state index in [0.717, 1.165) is 22.9 Å². The highest BCUT2D eigenvalue weighted by Gasteiger charge is 2.43. The van der Waals surface area contributed by atoms with Gasteiger partial charge in [-0.2, -0.15) is 0 Å². The van der Waals surface area contributed by atoms with Crippen LogP contribution in [0.15, 0.2) is 60.9 Å². The number of aromatic nitrogens is 2. The number of benzene rings is 1. The zero-order chi connectivity index (χ0) is 22.1. The van der Waals surface area contributed by atoms with Crippen molar-refractivity contribution < 1.29 is 9.47 Å². The molecular weight excluding hydrogens is 420 g/mol. The van der Waals surface area contributed by atoms with Crippen molar-refractivity contribution >= 4 is 23.0 Å². The first-order valence-corrected chi connectivity index (χ1v) is 11.5. The SMILES string of the molecule is COc1ccc(OC)c(N2C(=S)N[C@H](c3ccccn3)[C@H]2c2cccn2C2CCCC2)c1. The van der Waals surface area contributed by atoms with E-state index in [-0.39, 0.29) is 12.1 Å². The van der Waals surface area contributed by atoms with Gasteiger partial charge in [-0.15, -0.1) is 0 Å². The summed E-state index contributed by atoms with van der Waals surface area (Å²) in [6.45, 7) is 0. The zero-order valence-corrected chi connectivity index (χ0v) is 19.2. The summed E-state index contributed by atoms with van der Waals surface area (Å²) in [7, 11) is 3.36. The van der Waals surface area contributed by atoms with Gasteiger partial charge in [0.05, 0.1) is 31.6 Å². The lowest BCUT2D eigenvalue weighted by Gasteiger charge is -2.31. The molecule has 0 amide bonds. The van der Waals surface area contributed by atoms with Crippen LogP contribution in [0.3, 0.4) is 0 Å². The second-order valence-corrected chi connectivity index (χ2v) is 8.70. The quantitative estimate of drug-likeness (QED) is 0.524. The van der Waals surface area contributed by atoms with Crippen molar-refractivity contribution in [1.29, 1.82) is 0 Å². The van der Waals surface area contributed by atoms with Gasteiger partial charge in [0.2, 0.25) is 0 Å². The van der Waals surface area contributed by atoms with Gasteiger partial charge in [0.25, 0.3) is 0 Å². The summed E-state index contributed by atoms with van der Waals surface area (Å²) in [5.41, 5.74) is 3.07. The van der Waals surface area contributed by atoms with Gasteiger partial charge >= 0.3 is 0 Å². The maximum absolute atomic E-state index is 5.90. The predicted octanol–water partition coefficient (Wildman–Crippen LogP) is 5.19. The number of pyridine rings is 1. The van der Waals surface area contributed by atoms with Crippen molar-refractivity contribution in [3.05, 3.63) is 72.3 Å². The third kappa shape index (κ3) is 3.60. The largest absolute Gasteiger partial charge is 0.497 e. The molecule has 2 aromatic heterocycles. The molecule has 32 heavy (non-hydrogen) atoms. The highest BCUT2D eigenvalue weighted by Crippen LogP contribution is 2.46. The Labute approximate surface area is 194 Å². The van der Waals surface area contributed by atoms with Crippen LogP contribution in [0.4, 0.5) is 5.69 Å². The Morgan fingerprint density at radius 3 is 2.59 bits per heavy atom. The van der Waals surface area contributed by atoms with Crippen LogP contribution >= 0.6 is 12.2 Å². The minimum atomic E-state index is -0.0883. The van der Waals surface area contributed by atoms with E-state index in [1.165, 1.54) is 31.4 Å². The molecule has 6 nitrogen and oxygen atoms in total. The minimum Gasteiger partial charge on any atom is -0.497 e. The highest BCUT2D eigenvalue weighted by atomic mass is 32.1. The zero-order valence-electron chi connectivity index (χ0n) is 18.4. The molecule has 3 aromatic rings. The summed E-state index contributed by atoms with van der Waals surface area (Å²) in [5.74, 6) is 1.51. The Morgan fingerprint density at radius 2 is 1.88 bits per heavy atom. The second kappa shape index (κ2) is 8.82. The molecule has 2 fully saturated rings. The summed E-state index contributed by atoms with van der Waals surface area (Å²) in [5, 5.41) is 4.20. The van der Waals surface area contributed by atoms with E-state index in [1.807, 2.05) is 36.5 Å². The third-order valence-electron chi connectivity index (χ3n) is 6.58. The topological polar surface area (TPSA) is 51.6 Å². The van der Waals surface area contributed by atoms with Gasteiger partial charge in [-0.25, -0.2) is 0 Å². The summed E-state index contributed by atoms with van der Waals surface area (Å²) in [6, 6.07) is 16.6. The van der Waals surface area contributed by atoms with E-state index in [1.54, 1.807) is 14.2 Å². The molecule has 0 unspecified atom stereocenters. The fraction of sp³-hybridized carbons (Fsp3) is 0.360. The first-order chi connectivity index (χ1) is 15.7. The van der Waals surface area contributed by atoms with Gasteiger partial charge in [0, 0.05) is 30.2 Å². The van der Waals surface area contributed by atoms with E-state index in [4.69, 9.17) is 21.7 Å². The maximum atomic E-state index is 5.90. The van der Waals surface area contributed by atoms with E-state index in [2.05, 4.69) is 44.2 Å². The maximum Gasteiger partial charge on any atom is 0.174 e. The molecular formula is C25H28N4O2S. The smallest absolute Gasteiger partial charge is 0.174 e. The van der Waals surface area contributed by atoms with Gasteiger partial charge in [-0.3, -0.25) is 4.98 Å². The van der Waals surface area contributed by atoms with Gasteiger partial charge < -0.3 is 24.3 Å². The number of hydrogen-bond acceptors (Lipinski definition) is 4. The van der Waals surface area contributed by atoms with Crippen molar-refractivity contribution in [1.82, 2.24) is 14.9 Å². The van der Waals surface area contributed by atoms with Crippen molar-refractivity contribution in [3.8, 4) is 11.5 Å². The molecule has 7 heteroatoms. The highest BCUT2D eigenvalue weighted by molar-refractivity contribution is 7.80. The van der Waals surface area contributed by atoms with Gasteiger partial charge in [0.15, 0.2) is 5.11 Å². The molecule has 0 spiro atoms. The number of nitrogens with one attached hydrogen (secondary N) is 1. The van der Waals surface area contributed by atoms with Gasteiger partial charge in [-0.1, -0.05) is 18.9 Å². The first kappa shape index (κ1) is 20.8. The fourth-order valence-electron chi connectivity index (χ4n) is 5.07. The van der Waals surface area contributed by atoms with Crippen LogP contribution in [-0.4, -0.2) is 28.9 Å². The van der Waals surface area contributed by atoms with Crippen molar-refractivity contribution in [2.75, 3.05) is 19.1 Å². The van der Waals surface area contributed by atoms with Crippen molar-refractivity contribution in [2.45, 2.75) is 43.8 Å². The Kier molecular flexibility index (Phi) is 5.74. The molecule has 1 saturated carbocycles. The standard InChI is InChI=1S/C25H28N4O2S/c1-30-18-12-13-22(31-2)21(16-18)29-24(20-11-7-15-28(20)17-8-3-4-9-17)23(27-25(29)32)19-10-5-6-14-26-19/h5-7,10-17,23-24H,3-4,8-9H2,1-2H3,(H,27,32)/t23-,24-/m1/s1. The lowest BCUT2D eigenvalue weighted by molar-refractivity contribution is 0.402. The van der Waals surface area contributed by atoms with Crippen LogP contribution < -0.4 is 19.7 Å². The van der Waals surface area contributed by atoms with Crippen LogP contribution in [0, 0.1) is 0 Å². The van der Waals surface area contributed by atoms with Gasteiger partial charge in [0.1, 0.15) is 17.5 Å². The van der Waals surface area contributed by atoms with E-state index < -0.39 is 0 Å². The van der Waals surface area contributed by atoms with Crippen LogP contribution in [-0.2, 0) is 0 Å². The fourth-order valence-corrected chi connectivity index (χ4v) is 5.41. The normalized spacial score (nSPS) is 21.1. The molecule has 0 radical (unpaired) electrons. The molecule has 0 bridgehead atoms. The summed E-state index contributed by atoms with van der Waals surface area (Å²) >= 11 is 5.90. The molecule has 5 rings (SSSR count). The molecule has 1 aromatic carbocycles. The number of hydrogen-bond donors (Lipinski definition) is 1. The number of ether oxygens (including phenoxy) is 2. The molecule has 3 heterocycles. The van der Waals surface area contributed by atoms with Crippen molar-refractivity contribution in [2.24, 2.45) is 0 Å². The van der Waals surface area contributed by atoms with Crippen molar-refractivity contribution in [3.63, 3.8) is 0 Å². The van der Waals surface area contributed by atoms with Gasteiger partial charge in [-0.05, 0) is 61.5 Å². The van der Waals surface area contributed by atoms with Crippen LogP contribution in [0.25, 0.3) is 0 Å². The number of thiocarbonyl (C=S) groups is 1. The Morgan fingerprint density at radius 1 is 1.03 bits per heavy atom. The Hall–Kier alpha value is -3.06. The third-order valence-corrected chi connectivity index (χ3v) is 6.89. The monoisotopic (exact) mass is 448 g/mol. The molecule has 1 aliphatic heterocycles. The average molecular weight is 449 g/mol. The summed E-state index contributed by atoms with van der Waals surface area (Å²) in [6.07, 6.45) is 9.03. The second-order valence-electron chi connectivity index (χ2n) is 8.31. The summed E-state index contributed by atoms with van der Waals surface area (Å²) in [4.78, 5) is 6.84. The van der Waals surface area contributed by atoms with Crippen LogP contribution in [0.5, 0.6) is 11.5 Å². The lowest BCUT2D eigenvalue weighted by atomic mass is 10.00. The minimum absolute atomic E-state index is 0.0750. The number of methoxy groups -OCH3 is 2. The molecule has 1 saturated heterocycles. The number of anilines is 1. The van der Waals surface area contributed by atoms with E-state index in [9.17, 15) is 0 Å². The average Bonchev–Trinajstić information content (AvgIpc) is 3.58.